The number of hydrogen-bond donors (Lipinski definition) is 1. The molecule has 27 heavy (non-hydrogen) atoms. The lowest BCUT2D eigenvalue weighted by Crippen LogP contribution is -2.01. The minimum Gasteiger partial charge on any atom is -0.454 e. The van der Waals surface area contributed by atoms with Crippen LogP contribution in [0.5, 0.6) is 11.5 Å². The van der Waals surface area contributed by atoms with Crippen molar-refractivity contribution in [1.82, 2.24) is 20.2 Å². The van der Waals surface area contributed by atoms with Gasteiger partial charge in [-0.25, -0.2) is 0 Å². The zero-order chi connectivity index (χ0) is 18.8. The lowest BCUT2D eigenvalue weighted by molar-refractivity contribution is 0.101. The van der Waals surface area contributed by atoms with Gasteiger partial charge in [-0.2, -0.15) is 4.68 Å². The first-order chi connectivity index (χ1) is 13.1. The van der Waals surface area contributed by atoms with Crippen LogP contribution in [-0.2, 0) is 0 Å². The van der Waals surface area contributed by atoms with Gasteiger partial charge in [0, 0.05) is 28.4 Å². The molecule has 0 spiro atoms. The molecule has 1 N–H and O–H groups in total. The van der Waals surface area contributed by atoms with Crippen molar-refractivity contribution in [2.24, 2.45) is 0 Å². The van der Waals surface area contributed by atoms with E-state index in [0.29, 0.717) is 28.6 Å². The molecule has 1 aromatic heterocycles. The van der Waals surface area contributed by atoms with Crippen LogP contribution in [0.4, 0.5) is 5.69 Å². The first-order valence-corrected chi connectivity index (χ1v) is 8.83. The molecule has 9 heteroatoms. The molecule has 0 atom stereocenters. The van der Waals surface area contributed by atoms with Crippen molar-refractivity contribution < 1.29 is 14.3 Å². The molecule has 8 nitrogen and oxygen atoms in total. The number of benzene rings is 2. The summed E-state index contributed by atoms with van der Waals surface area (Å²) in [7, 11) is 0. The number of aromatic nitrogens is 4. The zero-order valence-corrected chi connectivity index (χ0v) is 15.8. The van der Waals surface area contributed by atoms with E-state index in [1.165, 1.54) is 6.92 Å². The number of ether oxygens (including phenoxy) is 2. The standard InChI is InChI=1S/C18H14BrN5O3/c1-11(25)14-8-16-17(27-10-26-16)9-15(14)20-7-6-18-21-22-23-24(18)13-4-2-12(19)3-5-13/h2-9,20H,10H2,1H3/b7-6-. The van der Waals surface area contributed by atoms with Crippen molar-refractivity contribution >= 4 is 33.5 Å². The Kier molecular flexibility index (Phi) is 4.59. The lowest BCUT2D eigenvalue weighted by Gasteiger charge is -2.08. The van der Waals surface area contributed by atoms with Crippen LogP contribution in [-0.4, -0.2) is 32.8 Å². The number of hydrogen-bond acceptors (Lipinski definition) is 7. The molecule has 0 radical (unpaired) electrons. The zero-order valence-electron chi connectivity index (χ0n) is 14.2. The number of carbonyl (C=O) groups excluding carboxylic acids is 1. The summed E-state index contributed by atoms with van der Waals surface area (Å²) in [5.41, 5.74) is 1.96. The van der Waals surface area contributed by atoms with E-state index in [2.05, 4.69) is 36.8 Å². The molecular formula is C18H14BrN5O3. The third-order valence-electron chi connectivity index (χ3n) is 3.93. The number of fused-ring (bicyclic) bond motifs is 1. The molecule has 1 aliphatic heterocycles. The van der Waals surface area contributed by atoms with E-state index in [4.69, 9.17) is 9.47 Å². The lowest BCUT2D eigenvalue weighted by atomic mass is 10.1. The molecule has 0 saturated heterocycles. The van der Waals surface area contributed by atoms with Gasteiger partial charge in [-0.05, 0) is 47.7 Å². The average molecular weight is 428 g/mol. The van der Waals surface area contributed by atoms with Gasteiger partial charge in [-0.15, -0.1) is 5.10 Å². The molecule has 3 aromatic rings. The smallest absolute Gasteiger partial charge is 0.231 e. The highest BCUT2D eigenvalue weighted by molar-refractivity contribution is 9.10. The Morgan fingerprint density at radius 3 is 2.70 bits per heavy atom. The molecule has 0 unspecified atom stereocenters. The highest BCUT2D eigenvalue weighted by Gasteiger charge is 2.18. The Bertz CT molecular complexity index is 1030. The second-order valence-electron chi connectivity index (χ2n) is 5.71. The Labute approximate surface area is 162 Å². The molecule has 0 amide bonds. The second kappa shape index (κ2) is 7.20. The predicted molar refractivity (Wildman–Crippen MR) is 102 cm³/mol. The van der Waals surface area contributed by atoms with Crippen LogP contribution < -0.4 is 14.8 Å². The molecule has 0 aliphatic carbocycles. The number of Topliss-reactive ketones (excluding diaryl/α,β-unsaturated/α-hetero) is 1. The SMILES string of the molecule is CC(=O)c1cc2c(cc1N/C=C\c1nnnn1-c1ccc(Br)cc1)OCO2. The number of halogens is 1. The summed E-state index contributed by atoms with van der Waals surface area (Å²) < 4.78 is 13.3. The van der Waals surface area contributed by atoms with Crippen molar-refractivity contribution in [2.45, 2.75) is 6.92 Å². The molecule has 0 saturated carbocycles. The third-order valence-corrected chi connectivity index (χ3v) is 4.46. The number of anilines is 1. The molecule has 136 valence electrons. The number of rotatable bonds is 5. The number of carbonyl (C=O) groups is 1. The van der Waals surface area contributed by atoms with Gasteiger partial charge in [0.2, 0.25) is 6.79 Å². The highest BCUT2D eigenvalue weighted by atomic mass is 79.9. The summed E-state index contributed by atoms with van der Waals surface area (Å²) in [6.07, 6.45) is 3.39. The van der Waals surface area contributed by atoms with E-state index < -0.39 is 0 Å². The summed E-state index contributed by atoms with van der Waals surface area (Å²) in [6.45, 7) is 1.65. The summed E-state index contributed by atoms with van der Waals surface area (Å²) in [5, 5.41) is 14.8. The molecule has 0 bridgehead atoms. The average Bonchev–Trinajstić information content (AvgIpc) is 3.30. The van der Waals surface area contributed by atoms with Gasteiger partial charge >= 0.3 is 0 Å². The molecule has 4 rings (SSSR count). The maximum Gasteiger partial charge on any atom is 0.231 e. The Morgan fingerprint density at radius 1 is 1.22 bits per heavy atom. The molecule has 2 heterocycles. The summed E-state index contributed by atoms with van der Waals surface area (Å²) in [6, 6.07) is 11.0. The number of nitrogens with one attached hydrogen (secondary N) is 1. The van der Waals surface area contributed by atoms with E-state index in [1.54, 1.807) is 29.1 Å². The van der Waals surface area contributed by atoms with Gasteiger partial charge in [0.1, 0.15) is 0 Å². The topological polar surface area (TPSA) is 91.2 Å². The number of tetrazole rings is 1. The first kappa shape index (κ1) is 17.2. The predicted octanol–water partition coefficient (Wildman–Crippen LogP) is 3.44. The minimum absolute atomic E-state index is 0.0797. The van der Waals surface area contributed by atoms with Crippen LogP contribution in [0, 0.1) is 0 Å². The Balaban J connectivity index is 1.58. The minimum atomic E-state index is -0.0797. The maximum atomic E-state index is 11.9. The van der Waals surface area contributed by atoms with Crippen LogP contribution in [0.3, 0.4) is 0 Å². The van der Waals surface area contributed by atoms with Crippen molar-refractivity contribution in [1.29, 1.82) is 0 Å². The van der Waals surface area contributed by atoms with Crippen LogP contribution >= 0.6 is 15.9 Å². The first-order valence-electron chi connectivity index (χ1n) is 8.04. The Morgan fingerprint density at radius 2 is 1.96 bits per heavy atom. The van der Waals surface area contributed by atoms with Crippen molar-refractivity contribution in [3.63, 3.8) is 0 Å². The molecule has 1 aliphatic rings. The van der Waals surface area contributed by atoms with Gasteiger partial charge in [0.25, 0.3) is 0 Å². The largest absolute Gasteiger partial charge is 0.454 e. The van der Waals surface area contributed by atoms with E-state index in [9.17, 15) is 4.79 Å². The molecule has 2 aromatic carbocycles. The van der Waals surface area contributed by atoms with Crippen LogP contribution in [0.2, 0.25) is 0 Å². The summed E-state index contributed by atoms with van der Waals surface area (Å²) in [5.74, 6) is 1.61. The van der Waals surface area contributed by atoms with E-state index >= 15 is 0 Å². The van der Waals surface area contributed by atoms with Gasteiger partial charge in [-0.1, -0.05) is 15.9 Å². The van der Waals surface area contributed by atoms with Gasteiger partial charge in [-0.3, -0.25) is 4.79 Å². The number of ketones is 1. The van der Waals surface area contributed by atoms with Crippen LogP contribution in [0.15, 0.2) is 47.1 Å². The van der Waals surface area contributed by atoms with E-state index in [1.807, 2.05) is 24.3 Å². The van der Waals surface area contributed by atoms with Gasteiger partial charge in [0.15, 0.2) is 23.1 Å². The van der Waals surface area contributed by atoms with Gasteiger partial charge < -0.3 is 14.8 Å². The third kappa shape index (κ3) is 3.54. The van der Waals surface area contributed by atoms with Crippen molar-refractivity contribution in [3.05, 3.63) is 58.5 Å². The molecular weight excluding hydrogens is 414 g/mol. The van der Waals surface area contributed by atoms with Crippen molar-refractivity contribution in [2.75, 3.05) is 12.1 Å². The van der Waals surface area contributed by atoms with Crippen LogP contribution in [0.1, 0.15) is 23.1 Å². The fourth-order valence-electron chi connectivity index (χ4n) is 2.62. The normalized spacial score (nSPS) is 12.5. The summed E-state index contributed by atoms with van der Waals surface area (Å²) >= 11 is 3.40. The Hall–Kier alpha value is -3.20. The van der Waals surface area contributed by atoms with Crippen LogP contribution in [0.25, 0.3) is 11.8 Å². The summed E-state index contributed by atoms with van der Waals surface area (Å²) in [4.78, 5) is 11.9. The fraction of sp³-hybridized carbons (Fsp3) is 0.111. The second-order valence-corrected chi connectivity index (χ2v) is 6.63. The van der Waals surface area contributed by atoms with Crippen molar-refractivity contribution in [3.8, 4) is 17.2 Å². The highest BCUT2D eigenvalue weighted by Crippen LogP contribution is 2.37. The van der Waals surface area contributed by atoms with E-state index in [-0.39, 0.29) is 12.6 Å². The van der Waals surface area contributed by atoms with Gasteiger partial charge in [0.05, 0.1) is 11.4 Å². The fourth-order valence-corrected chi connectivity index (χ4v) is 2.89. The maximum absolute atomic E-state index is 11.9. The monoisotopic (exact) mass is 427 g/mol. The quantitative estimate of drug-likeness (QED) is 0.623. The number of nitrogens with zero attached hydrogens (tertiary/aromatic N) is 4. The van der Waals surface area contributed by atoms with E-state index in [0.717, 1.165) is 10.2 Å². The molecule has 0 fully saturated rings.